The fourth-order valence-electron chi connectivity index (χ4n) is 5.56. The third-order valence-corrected chi connectivity index (χ3v) is 8.45. The van der Waals surface area contributed by atoms with Gasteiger partial charge in [-0.15, -0.1) is 0 Å². The summed E-state index contributed by atoms with van der Waals surface area (Å²) >= 11 is 0. The van der Waals surface area contributed by atoms with Gasteiger partial charge in [0.15, 0.2) is 0 Å². The number of aryl methyl sites for hydroxylation is 1. The summed E-state index contributed by atoms with van der Waals surface area (Å²) in [5.74, 6) is -1.51. The second-order valence-corrected chi connectivity index (χ2v) is 15.8. The van der Waals surface area contributed by atoms with Gasteiger partial charge < -0.3 is 24.4 Å². The van der Waals surface area contributed by atoms with Crippen molar-refractivity contribution in [2.24, 2.45) is 11.3 Å². The molecule has 0 heterocycles. The third kappa shape index (κ3) is 12.7. The second-order valence-electron chi connectivity index (χ2n) is 15.8. The standard InChI is InChI=1S/C39H62N4O8/c1-17-21-50-35(47)40-28-23-27(20-19-25(28)5)39(13,14)31(43(16)36(48)51-38(10,11)12)32(44)41-30(37(7,8)9)33(45)42(15)29(24(3)4)22-26(6)34(46)49-18-2/h17,19-20,22-24,29-31H,1,18,21H2,2-16H3,(H,40,47)(H,41,44)/b26-22+/t29-,30-,31?/m1/s1. The number of carbonyl (C=O) groups is 5. The van der Waals surface area contributed by atoms with E-state index in [0.29, 0.717) is 16.8 Å². The van der Waals surface area contributed by atoms with E-state index >= 15 is 0 Å². The number of amides is 4. The van der Waals surface area contributed by atoms with Crippen LogP contribution in [0.2, 0.25) is 0 Å². The van der Waals surface area contributed by atoms with Crippen molar-refractivity contribution in [3.63, 3.8) is 0 Å². The van der Waals surface area contributed by atoms with Crippen LogP contribution in [0.3, 0.4) is 0 Å². The van der Waals surface area contributed by atoms with E-state index in [2.05, 4.69) is 17.2 Å². The zero-order valence-corrected chi connectivity index (χ0v) is 33.5. The fraction of sp³-hybridized carbons (Fsp3) is 0.615. The molecule has 4 amide bonds. The van der Waals surface area contributed by atoms with Crippen LogP contribution in [0.1, 0.15) is 94.2 Å². The number of hydrogen-bond acceptors (Lipinski definition) is 8. The van der Waals surface area contributed by atoms with Crippen molar-refractivity contribution < 1.29 is 38.2 Å². The van der Waals surface area contributed by atoms with Crippen molar-refractivity contribution in [3.05, 3.63) is 53.6 Å². The van der Waals surface area contributed by atoms with Gasteiger partial charge in [0.25, 0.3) is 0 Å². The number of benzene rings is 1. The SMILES string of the molecule is C=CCOC(=O)Nc1cc(C(C)(C)C(C(=O)N[C@H](C(=O)N(C)[C@H](/C=C(\C)C(=O)OCC)C(C)C)C(C)(C)C)N(C)C(=O)OC(C)(C)C)ccc1C. The number of anilines is 1. The molecule has 0 spiro atoms. The van der Waals surface area contributed by atoms with Gasteiger partial charge in [0.05, 0.1) is 12.6 Å². The Morgan fingerprint density at radius 3 is 2.02 bits per heavy atom. The molecule has 2 N–H and O–H groups in total. The van der Waals surface area contributed by atoms with E-state index in [4.69, 9.17) is 14.2 Å². The molecule has 0 saturated heterocycles. The Morgan fingerprint density at radius 1 is 0.941 bits per heavy atom. The first-order valence-electron chi connectivity index (χ1n) is 17.3. The molecule has 1 rings (SSSR count). The average molecular weight is 715 g/mol. The van der Waals surface area contributed by atoms with E-state index in [1.165, 1.54) is 22.9 Å². The summed E-state index contributed by atoms with van der Waals surface area (Å²) in [6, 6.07) is 2.65. The maximum atomic E-state index is 14.6. The molecule has 286 valence electrons. The van der Waals surface area contributed by atoms with Crippen molar-refractivity contribution in [2.45, 2.75) is 119 Å². The smallest absolute Gasteiger partial charge is 0.411 e. The quantitative estimate of drug-likeness (QED) is 0.0931. The minimum Gasteiger partial charge on any atom is -0.463 e. The highest BCUT2D eigenvalue weighted by molar-refractivity contribution is 5.93. The molecule has 0 aliphatic heterocycles. The topological polar surface area (TPSA) is 144 Å². The maximum Gasteiger partial charge on any atom is 0.411 e. The Hall–Kier alpha value is -4.35. The lowest BCUT2D eigenvalue weighted by molar-refractivity contribution is -0.142. The van der Waals surface area contributed by atoms with Crippen molar-refractivity contribution >= 4 is 35.7 Å². The van der Waals surface area contributed by atoms with E-state index in [0.717, 1.165) is 5.56 Å². The molecule has 0 fully saturated rings. The lowest BCUT2D eigenvalue weighted by Gasteiger charge is -2.42. The molecule has 51 heavy (non-hydrogen) atoms. The Balaban J connectivity index is 3.77. The summed E-state index contributed by atoms with van der Waals surface area (Å²) in [6.45, 7) is 27.2. The largest absolute Gasteiger partial charge is 0.463 e. The van der Waals surface area contributed by atoms with Crippen LogP contribution in [-0.2, 0) is 34.0 Å². The van der Waals surface area contributed by atoms with E-state index < -0.39 is 58.6 Å². The number of hydrogen-bond donors (Lipinski definition) is 2. The number of nitrogens with one attached hydrogen (secondary N) is 2. The molecule has 12 nitrogen and oxygen atoms in total. The molecule has 0 bridgehead atoms. The van der Waals surface area contributed by atoms with Crippen LogP contribution in [0.25, 0.3) is 0 Å². The van der Waals surface area contributed by atoms with E-state index in [1.54, 1.807) is 73.7 Å². The molecule has 12 heteroatoms. The van der Waals surface area contributed by atoms with Crippen LogP contribution in [0.5, 0.6) is 0 Å². The van der Waals surface area contributed by atoms with Gasteiger partial charge in [0.2, 0.25) is 11.8 Å². The molecule has 1 aromatic carbocycles. The summed E-state index contributed by atoms with van der Waals surface area (Å²) in [4.78, 5) is 70.2. The first-order valence-corrected chi connectivity index (χ1v) is 17.3. The van der Waals surface area contributed by atoms with Crippen molar-refractivity contribution in [2.75, 3.05) is 32.6 Å². The molecular weight excluding hydrogens is 652 g/mol. The second kappa shape index (κ2) is 18.2. The van der Waals surface area contributed by atoms with Crippen molar-refractivity contribution in [1.82, 2.24) is 15.1 Å². The Kier molecular flexibility index (Phi) is 16.0. The van der Waals surface area contributed by atoms with Gasteiger partial charge in [-0.1, -0.05) is 79.3 Å². The van der Waals surface area contributed by atoms with Crippen LogP contribution in [0.4, 0.5) is 15.3 Å². The molecular formula is C39H62N4O8. The summed E-state index contributed by atoms with van der Waals surface area (Å²) in [7, 11) is 3.12. The van der Waals surface area contributed by atoms with Gasteiger partial charge in [-0.25, -0.2) is 14.4 Å². The highest BCUT2D eigenvalue weighted by atomic mass is 16.6. The van der Waals surface area contributed by atoms with Gasteiger partial charge in [0, 0.05) is 30.8 Å². The lowest BCUT2D eigenvalue weighted by atomic mass is 9.75. The molecule has 1 unspecified atom stereocenters. The van der Waals surface area contributed by atoms with Gasteiger partial charge in [-0.2, -0.15) is 0 Å². The van der Waals surface area contributed by atoms with Crippen molar-refractivity contribution in [1.29, 1.82) is 0 Å². The van der Waals surface area contributed by atoms with Crippen LogP contribution in [0.15, 0.2) is 42.5 Å². The summed E-state index contributed by atoms with van der Waals surface area (Å²) in [5.41, 5.74) is -0.511. The molecule has 0 saturated carbocycles. The number of nitrogens with zero attached hydrogens (tertiary/aromatic N) is 2. The number of likely N-dealkylation sites (N-methyl/N-ethyl adjacent to an activating group) is 2. The fourth-order valence-corrected chi connectivity index (χ4v) is 5.56. The lowest BCUT2D eigenvalue weighted by Crippen LogP contribution is -2.63. The minimum atomic E-state index is -1.19. The molecule has 0 radical (unpaired) electrons. The summed E-state index contributed by atoms with van der Waals surface area (Å²) in [5, 5.41) is 5.73. The highest BCUT2D eigenvalue weighted by Gasteiger charge is 2.46. The first-order chi connectivity index (χ1) is 23.3. The van der Waals surface area contributed by atoms with Crippen molar-refractivity contribution in [3.8, 4) is 0 Å². The monoisotopic (exact) mass is 714 g/mol. The number of esters is 1. The Morgan fingerprint density at radius 2 is 1.53 bits per heavy atom. The summed E-state index contributed by atoms with van der Waals surface area (Å²) in [6.07, 6.45) is 1.76. The predicted octanol–water partition coefficient (Wildman–Crippen LogP) is 6.77. The number of ether oxygens (including phenoxy) is 3. The molecule has 3 atom stereocenters. The van der Waals surface area contributed by atoms with E-state index in [-0.39, 0.29) is 25.0 Å². The Bertz CT molecular complexity index is 1450. The van der Waals surface area contributed by atoms with Crippen LogP contribution in [0, 0.1) is 18.3 Å². The maximum absolute atomic E-state index is 14.6. The highest BCUT2D eigenvalue weighted by Crippen LogP contribution is 2.35. The predicted molar refractivity (Wildman–Crippen MR) is 200 cm³/mol. The van der Waals surface area contributed by atoms with Gasteiger partial charge in [0.1, 0.15) is 24.3 Å². The number of carbonyl (C=O) groups excluding carboxylic acids is 5. The minimum absolute atomic E-state index is 0.0288. The summed E-state index contributed by atoms with van der Waals surface area (Å²) < 4.78 is 15.9. The average Bonchev–Trinajstić information content (AvgIpc) is 3.00. The van der Waals surface area contributed by atoms with Crippen LogP contribution in [-0.4, -0.2) is 90.8 Å². The normalized spacial score (nSPS) is 14.1. The van der Waals surface area contributed by atoms with Crippen LogP contribution >= 0.6 is 0 Å². The molecule has 0 aliphatic rings. The Labute approximate surface area is 305 Å². The van der Waals surface area contributed by atoms with E-state index in [1.807, 2.05) is 47.6 Å². The first kappa shape index (κ1) is 44.7. The molecule has 0 aromatic heterocycles. The zero-order valence-electron chi connectivity index (χ0n) is 33.5. The third-order valence-electron chi connectivity index (χ3n) is 8.45. The van der Waals surface area contributed by atoms with Gasteiger partial charge >= 0.3 is 18.2 Å². The van der Waals surface area contributed by atoms with Crippen LogP contribution < -0.4 is 10.6 Å². The molecule has 1 aromatic rings. The van der Waals surface area contributed by atoms with Gasteiger partial charge in [-0.3, -0.25) is 19.8 Å². The zero-order chi connectivity index (χ0) is 39.6. The number of rotatable bonds is 14. The van der Waals surface area contributed by atoms with E-state index in [9.17, 15) is 24.0 Å². The van der Waals surface area contributed by atoms with Gasteiger partial charge in [-0.05, 0) is 70.1 Å². The molecule has 0 aliphatic carbocycles.